The second kappa shape index (κ2) is 5.43. The summed E-state index contributed by atoms with van der Waals surface area (Å²) in [4.78, 5) is 14.7. The summed E-state index contributed by atoms with van der Waals surface area (Å²) >= 11 is 0. The third-order valence-electron chi connectivity index (χ3n) is 6.43. The van der Waals surface area contributed by atoms with Gasteiger partial charge in [-0.25, -0.2) is 4.39 Å². The largest absolute Gasteiger partial charge is 0.396 e. The lowest BCUT2D eigenvalue weighted by Gasteiger charge is -2.52. The summed E-state index contributed by atoms with van der Waals surface area (Å²) in [6, 6.07) is 2.80. The van der Waals surface area contributed by atoms with Crippen molar-refractivity contribution in [1.29, 1.82) is 0 Å². The van der Waals surface area contributed by atoms with E-state index >= 15 is 0 Å². The number of fused-ring (bicyclic) bond motifs is 2. The second-order valence-electron chi connectivity index (χ2n) is 7.56. The van der Waals surface area contributed by atoms with E-state index in [1.165, 1.54) is 12.1 Å². The Hall–Kier alpha value is -1.66. The zero-order valence-corrected chi connectivity index (χ0v) is 13.6. The first-order chi connectivity index (χ1) is 11.5. The summed E-state index contributed by atoms with van der Waals surface area (Å²) < 4.78 is 14.0. The van der Waals surface area contributed by atoms with Crippen LogP contribution in [-0.4, -0.2) is 53.9 Å². The highest BCUT2D eigenvalue weighted by Gasteiger charge is 2.64. The lowest BCUT2D eigenvalue weighted by molar-refractivity contribution is -0.101. The molecule has 1 aromatic carbocycles. The molecule has 2 aliphatic heterocycles. The average molecular weight is 334 g/mol. The van der Waals surface area contributed by atoms with Gasteiger partial charge >= 0.3 is 0 Å². The Morgan fingerprint density at radius 3 is 2.46 bits per heavy atom. The predicted octanol–water partition coefficient (Wildman–Crippen LogP) is 1.39. The third-order valence-corrected chi connectivity index (χ3v) is 6.43. The van der Waals surface area contributed by atoms with Crippen LogP contribution in [0.3, 0.4) is 0 Å². The predicted molar refractivity (Wildman–Crippen MR) is 87.4 cm³/mol. The van der Waals surface area contributed by atoms with Crippen molar-refractivity contribution >= 4 is 11.6 Å². The molecule has 130 valence electrons. The van der Waals surface area contributed by atoms with E-state index < -0.39 is 16.6 Å². The van der Waals surface area contributed by atoms with Crippen molar-refractivity contribution in [3.05, 3.63) is 29.1 Å². The number of hydrogen-bond donors (Lipinski definition) is 3. The summed E-state index contributed by atoms with van der Waals surface area (Å²) in [6.07, 6.45) is 3.32. The van der Waals surface area contributed by atoms with Crippen LogP contribution in [0.25, 0.3) is 0 Å². The smallest absolute Gasteiger partial charge is 0.256 e. The van der Waals surface area contributed by atoms with Gasteiger partial charge in [0, 0.05) is 30.5 Å². The van der Waals surface area contributed by atoms with Gasteiger partial charge in [0.05, 0.1) is 24.5 Å². The lowest BCUT2D eigenvalue weighted by Crippen LogP contribution is -2.54. The molecular weight excluding hydrogens is 311 g/mol. The fourth-order valence-corrected chi connectivity index (χ4v) is 4.75. The molecule has 5 nitrogen and oxygen atoms in total. The van der Waals surface area contributed by atoms with E-state index in [-0.39, 0.29) is 19.1 Å². The molecule has 1 saturated carbocycles. The lowest BCUT2D eigenvalue weighted by atomic mass is 9.52. The van der Waals surface area contributed by atoms with Crippen LogP contribution in [0.15, 0.2) is 12.1 Å². The minimum Gasteiger partial charge on any atom is -0.396 e. The van der Waals surface area contributed by atoms with Crippen molar-refractivity contribution in [2.75, 3.05) is 38.2 Å². The van der Waals surface area contributed by atoms with E-state index in [0.717, 1.165) is 43.5 Å². The third kappa shape index (κ3) is 2.02. The number of rotatable bonds is 3. The van der Waals surface area contributed by atoms with E-state index in [2.05, 4.69) is 5.32 Å². The van der Waals surface area contributed by atoms with Crippen molar-refractivity contribution in [1.82, 2.24) is 4.90 Å². The van der Waals surface area contributed by atoms with Crippen molar-refractivity contribution in [3.8, 4) is 0 Å². The Morgan fingerprint density at radius 1 is 1.21 bits per heavy atom. The Labute approximate surface area is 140 Å². The minimum absolute atomic E-state index is 0.0309. The van der Waals surface area contributed by atoms with Gasteiger partial charge in [0.25, 0.3) is 5.91 Å². The number of hydrogen-bond acceptors (Lipinski definition) is 4. The maximum atomic E-state index is 14.0. The van der Waals surface area contributed by atoms with Gasteiger partial charge < -0.3 is 20.4 Å². The summed E-state index contributed by atoms with van der Waals surface area (Å²) in [5.41, 5.74) is 1.15. The van der Waals surface area contributed by atoms with Crippen molar-refractivity contribution < 1.29 is 19.4 Å². The minimum atomic E-state index is -0.405. The highest BCUT2D eigenvalue weighted by Crippen LogP contribution is 2.61. The highest BCUT2D eigenvalue weighted by atomic mass is 19.1. The molecule has 1 saturated heterocycles. The number of aryl methyl sites for hydroxylation is 1. The monoisotopic (exact) mass is 334 g/mol. The molecular formula is C18H23FN2O3. The fraction of sp³-hybridized carbons (Fsp3) is 0.611. The normalized spacial score (nSPS) is 31.0. The van der Waals surface area contributed by atoms with Gasteiger partial charge in [0.1, 0.15) is 5.82 Å². The molecule has 4 rings (SSSR count). The number of nitrogens with zero attached hydrogens (tertiary/aromatic N) is 1. The number of carbonyl (C=O) groups excluding carboxylic acids is 1. The maximum absolute atomic E-state index is 14.0. The zero-order chi connectivity index (χ0) is 16.9. The molecule has 3 N–H and O–H groups in total. The molecule has 2 atom stereocenters. The van der Waals surface area contributed by atoms with Gasteiger partial charge in [0.2, 0.25) is 0 Å². The van der Waals surface area contributed by atoms with Crippen LogP contribution >= 0.6 is 0 Å². The standard InChI is InChI=1S/C18H23FN2O3/c19-13-6-12-2-1-5-20-15(12)14(7-13)16(24)21-8-17(10-22)3-4-18(17,9-21)11-23/h6-7,20,22-23H,1-5,8-11H2/t17-,18+. The van der Waals surface area contributed by atoms with Crippen LogP contribution in [0.4, 0.5) is 10.1 Å². The first-order valence-electron chi connectivity index (χ1n) is 8.61. The van der Waals surface area contributed by atoms with E-state index in [9.17, 15) is 19.4 Å². The van der Waals surface area contributed by atoms with Gasteiger partial charge in [-0.2, -0.15) is 0 Å². The molecule has 1 aliphatic carbocycles. The van der Waals surface area contributed by atoms with Gasteiger partial charge in [-0.1, -0.05) is 0 Å². The summed E-state index contributed by atoms with van der Waals surface area (Å²) in [5, 5.41) is 22.9. The van der Waals surface area contributed by atoms with Crippen LogP contribution < -0.4 is 5.32 Å². The van der Waals surface area contributed by atoms with E-state index in [4.69, 9.17) is 0 Å². The molecule has 1 amide bonds. The first kappa shape index (κ1) is 15.8. The van der Waals surface area contributed by atoms with Crippen LogP contribution in [0.2, 0.25) is 0 Å². The van der Waals surface area contributed by atoms with Gasteiger partial charge in [0.15, 0.2) is 0 Å². The van der Waals surface area contributed by atoms with Crippen LogP contribution in [0.1, 0.15) is 35.2 Å². The summed E-state index contributed by atoms with van der Waals surface area (Å²) in [7, 11) is 0. The first-order valence-corrected chi connectivity index (χ1v) is 8.61. The average Bonchev–Trinajstić information content (AvgIpc) is 2.81. The van der Waals surface area contributed by atoms with Gasteiger partial charge in [-0.15, -0.1) is 0 Å². The second-order valence-corrected chi connectivity index (χ2v) is 7.56. The quantitative estimate of drug-likeness (QED) is 0.781. The van der Waals surface area contributed by atoms with Crippen molar-refractivity contribution in [2.45, 2.75) is 25.7 Å². The molecule has 0 spiro atoms. The Morgan fingerprint density at radius 2 is 1.88 bits per heavy atom. The van der Waals surface area contributed by atoms with Crippen molar-refractivity contribution in [2.24, 2.45) is 10.8 Å². The number of aliphatic hydroxyl groups excluding tert-OH is 2. The van der Waals surface area contributed by atoms with E-state index in [0.29, 0.717) is 18.7 Å². The number of aliphatic hydroxyl groups is 2. The number of likely N-dealkylation sites (tertiary alicyclic amines) is 1. The van der Waals surface area contributed by atoms with Crippen LogP contribution in [-0.2, 0) is 6.42 Å². The molecule has 2 fully saturated rings. The van der Waals surface area contributed by atoms with E-state index in [1.54, 1.807) is 4.90 Å². The number of nitrogens with one attached hydrogen (secondary N) is 1. The molecule has 0 bridgehead atoms. The van der Waals surface area contributed by atoms with Gasteiger partial charge in [-0.05, 0) is 43.4 Å². The highest BCUT2D eigenvalue weighted by molar-refractivity contribution is 6.00. The Bertz CT molecular complexity index is 667. The maximum Gasteiger partial charge on any atom is 0.256 e. The number of halogens is 1. The Balaban J connectivity index is 1.67. The zero-order valence-electron chi connectivity index (χ0n) is 13.6. The summed E-state index contributed by atoms with van der Waals surface area (Å²) in [5.74, 6) is -0.605. The van der Waals surface area contributed by atoms with Crippen LogP contribution in [0, 0.1) is 16.6 Å². The SMILES string of the molecule is O=C(c1cc(F)cc2c1NCCC2)N1C[C@]2(CO)CC[C@]2(CO)C1. The number of anilines is 1. The molecule has 2 heterocycles. The molecule has 24 heavy (non-hydrogen) atoms. The Kier molecular flexibility index (Phi) is 3.58. The number of benzene rings is 1. The van der Waals surface area contributed by atoms with E-state index in [1.807, 2.05) is 0 Å². The molecule has 6 heteroatoms. The topological polar surface area (TPSA) is 72.8 Å². The molecule has 3 aliphatic rings. The number of amides is 1. The summed E-state index contributed by atoms with van der Waals surface area (Å²) in [6.45, 7) is 1.57. The molecule has 1 aromatic rings. The van der Waals surface area contributed by atoms with Gasteiger partial charge in [-0.3, -0.25) is 4.79 Å². The number of carbonyl (C=O) groups is 1. The fourth-order valence-electron chi connectivity index (χ4n) is 4.75. The molecule has 0 aromatic heterocycles. The molecule has 0 unspecified atom stereocenters. The van der Waals surface area contributed by atoms with Crippen molar-refractivity contribution in [3.63, 3.8) is 0 Å². The van der Waals surface area contributed by atoms with Crippen LogP contribution in [0.5, 0.6) is 0 Å². The molecule has 0 radical (unpaired) electrons.